The Morgan fingerprint density at radius 3 is 2.48 bits per heavy atom. The second-order valence-electron chi connectivity index (χ2n) is 6.65. The van der Waals surface area contributed by atoms with Crippen LogP contribution in [0.3, 0.4) is 0 Å². The summed E-state index contributed by atoms with van der Waals surface area (Å²) in [7, 11) is 0.929. The molecule has 0 atom stereocenters. The average Bonchev–Trinajstić information content (AvgIpc) is 2.72. The number of nitrogens with one attached hydrogen (secondary N) is 1. The number of hydrogen-bond donors (Lipinski definition) is 1. The van der Waals surface area contributed by atoms with Crippen molar-refractivity contribution in [2.24, 2.45) is 0 Å². The van der Waals surface area contributed by atoms with Crippen LogP contribution in [-0.2, 0) is 32.6 Å². The lowest BCUT2D eigenvalue weighted by molar-refractivity contribution is -0.121. The third-order valence-electron chi connectivity index (χ3n) is 4.33. The number of ether oxygens (including phenoxy) is 2. The van der Waals surface area contributed by atoms with Gasteiger partial charge in [0.05, 0.1) is 25.2 Å². The fourth-order valence-electron chi connectivity index (χ4n) is 2.69. The Morgan fingerprint density at radius 1 is 1.10 bits per heavy atom. The first kappa shape index (κ1) is 22.9. The molecule has 0 fully saturated rings. The van der Waals surface area contributed by atoms with E-state index >= 15 is 0 Å². The second kappa shape index (κ2) is 10.9. The van der Waals surface area contributed by atoms with E-state index in [1.54, 1.807) is 12.1 Å². The van der Waals surface area contributed by atoms with Crippen molar-refractivity contribution in [2.45, 2.75) is 24.3 Å². The zero-order valence-corrected chi connectivity index (χ0v) is 17.9. The maximum atomic E-state index is 12.3. The van der Waals surface area contributed by atoms with E-state index in [2.05, 4.69) is 5.32 Å². The topological polar surface area (TPSA) is 84.9 Å². The molecule has 2 aromatic rings. The van der Waals surface area contributed by atoms with Crippen LogP contribution in [0.2, 0.25) is 0 Å². The van der Waals surface area contributed by atoms with E-state index in [4.69, 9.17) is 9.47 Å². The van der Waals surface area contributed by atoms with Gasteiger partial charge in [-0.25, -0.2) is 12.7 Å². The summed E-state index contributed by atoms with van der Waals surface area (Å²) in [5.41, 5.74) is 1.75. The van der Waals surface area contributed by atoms with E-state index in [1.807, 2.05) is 30.3 Å². The molecule has 0 saturated heterocycles. The van der Waals surface area contributed by atoms with Crippen LogP contribution in [-0.4, -0.2) is 53.0 Å². The molecule has 0 unspecified atom stereocenters. The van der Waals surface area contributed by atoms with Crippen molar-refractivity contribution in [3.8, 4) is 5.75 Å². The van der Waals surface area contributed by atoms with E-state index in [1.165, 1.54) is 27.3 Å². The van der Waals surface area contributed by atoms with Gasteiger partial charge in [-0.15, -0.1) is 0 Å². The molecule has 8 heteroatoms. The van der Waals surface area contributed by atoms with Gasteiger partial charge in [0.1, 0.15) is 5.75 Å². The number of methoxy groups -OCH3 is 1. The zero-order valence-electron chi connectivity index (χ0n) is 17.1. The van der Waals surface area contributed by atoms with Crippen LogP contribution in [0.15, 0.2) is 53.4 Å². The third kappa shape index (κ3) is 6.85. The van der Waals surface area contributed by atoms with Crippen molar-refractivity contribution >= 4 is 15.9 Å². The number of aryl methyl sites for hydroxylation is 1. The minimum atomic E-state index is -3.55. The molecule has 1 N–H and O–H groups in total. The number of nitrogens with zero attached hydrogens (tertiary/aromatic N) is 1. The lowest BCUT2D eigenvalue weighted by Gasteiger charge is -2.14. The number of carbonyl (C=O) groups is 1. The van der Waals surface area contributed by atoms with E-state index in [0.29, 0.717) is 37.5 Å². The number of rotatable bonds is 11. The first-order valence-electron chi connectivity index (χ1n) is 9.32. The molecule has 0 bridgehead atoms. The normalized spacial score (nSPS) is 11.4. The summed E-state index contributed by atoms with van der Waals surface area (Å²) in [6.45, 7) is 1.33. The van der Waals surface area contributed by atoms with Crippen LogP contribution in [0.4, 0.5) is 0 Å². The highest BCUT2D eigenvalue weighted by Gasteiger charge is 2.19. The standard InChI is InChI=1S/C21H28N2O5S/c1-23(2)29(25,26)19-10-11-20(27-3)18(15-19)9-12-21(24)22-13-14-28-16-17-7-5-4-6-8-17/h4-8,10-11,15H,9,12-14,16H2,1-3H3,(H,22,24). The van der Waals surface area contributed by atoms with Crippen molar-refractivity contribution in [1.82, 2.24) is 9.62 Å². The minimum Gasteiger partial charge on any atom is -0.496 e. The molecule has 7 nitrogen and oxygen atoms in total. The zero-order chi connectivity index (χ0) is 21.3. The Kier molecular flexibility index (Phi) is 8.63. The lowest BCUT2D eigenvalue weighted by Crippen LogP contribution is -2.27. The van der Waals surface area contributed by atoms with Crippen molar-refractivity contribution in [3.63, 3.8) is 0 Å². The predicted octanol–water partition coefficient (Wildman–Crippen LogP) is 2.21. The van der Waals surface area contributed by atoms with Crippen LogP contribution in [0, 0.1) is 0 Å². The molecule has 0 aliphatic carbocycles. The van der Waals surface area contributed by atoms with Gasteiger partial charge in [0.15, 0.2) is 0 Å². The molecule has 0 heterocycles. The van der Waals surface area contributed by atoms with Gasteiger partial charge >= 0.3 is 0 Å². The lowest BCUT2D eigenvalue weighted by atomic mass is 10.1. The maximum Gasteiger partial charge on any atom is 0.242 e. The predicted molar refractivity (Wildman–Crippen MR) is 111 cm³/mol. The molecule has 1 amide bonds. The molecule has 0 radical (unpaired) electrons. The quantitative estimate of drug-likeness (QED) is 0.564. The molecular weight excluding hydrogens is 392 g/mol. The summed E-state index contributed by atoms with van der Waals surface area (Å²) in [5, 5.41) is 2.81. The Labute approximate surface area is 172 Å². The van der Waals surface area contributed by atoms with Crippen LogP contribution in [0.25, 0.3) is 0 Å². The number of hydrogen-bond acceptors (Lipinski definition) is 5. The molecule has 2 aromatic carbocycles. The van der Waals surface area contributed by atoms with Gasteiger partial charge in [-0.2, -0.15) is 0 Å². The third-order valence-corrected chi connectivity index (χ3v) is 6.14. The summed E-state index contributed by atoms with van der Waals surface area (Å²) < 4.78 is 36.6. The number of amides is 1. The number of sulfonamides is 1. The Bertz CT molecular complexity index is 899. The fourth-order valence-corrected chi connectivity index (χ4v) is 3.64. The van der Waals surface area contributed by atoms with Gasteiger partial charge in [-0.3, -0.25) is 4.79 Å². The average molecular weight is 421 g/mol. The Balaban J connectivity index is 1.82. The molecular formula is C21H28N2O5S. The number of benzene rings is 2. The first-order chi connectivity index (χ1) is 13.8. The van der Waals surface area contributed by atoms with Gasteiger partial charge in [-0.05, 0) is 35.7 Å². The smallest absolute Gasteiger partial charge is 0.242 e. The van der Waals surface area contributed by atoms with Crippen LogP contribution >= 0.6 is 0 Å². The molecule has 0 saturated carbocycles. The maximum absolute atomic E-state index is 12.3. The fraction of sp³-hybridized carbons (Fsp3) is 0.381. The number of carbonyl (C=O) groups excluding carboxylic acids is 1. The molecule has 0 aromatic heterocycles. The Morgan fingerprint density at radius 2 is 1.83 bits per heavy atom. The van der Waals surface area contributed by atoms with Crippen molar-refractivity contribution < 1.29 is 22.7 Å². The molecule has 0 aliphatic heterocycles. The highest BCUT2D eigenvalue weighted by molar-refractivity contribution is 7.89. The summed E-state index contributed by atoms with van der Waals surface area (Å²) in [4.78, 5) is 12.3. The van der Waals surface area contributed by atoms with Gasteiger partial charge in [-0.1, -0.05) is 30.3 Å². The van der Waals surface area contributed by atoms with Gasteiger partial charge < -0.3 is 14.8 Å². The van der Waals surface area contributed by atoms with Crippen molar-refractivity contribution in [1.29, 1.82) is 0 Å². The molecule has 158 valence electrons. The second-order valence-corrected chi connectivity index (χ2v) is 8.80. The largest absolute Gasteiger partial charge is 0.496 e. The van der Waals surface area contributed by atoms with E-state index < -0.39 is 10.0 Å². The van der Waals surface area contributed by atoms with E-state index in [0.717, 1.165) is 9.87 Å². The molecule has 29 heavy (non-hydrogen) atoms. The monoisotopic (exact) mass is 420 g/mol. The first-order valence-corrected chi connectivity index (χ1v) is 10.8. The van der Waals surface area contributed by atoms with Crippen LogP contribution < -0.4 is 10.1 Å². The van der Waals surface area contributed by atoms with Gasteiger partial charge in [0.25, 0.3) is 0 Å². The highest BCUT2D eigenvalue weighted by atomic mass is 32.2. The molecule has 2 rings (SSSR count). The summed E-state index contributed by atoms with van der Waals surface area (Å²) in [5.74, 6) is 0.429. The van der Waals surface area contributed by atoms with E-state index in [9.17, 15) is 13.2 Å². The summed E-state index contributed by atoms with van der Waals surface area (Å²) in [6.07, 6.45) is 0.594. The summed E-state index contributed by atoms with van der Waals surface area (Å²) >= 11 is 0. The SMILES string of the molecule is COc1ccc(S(=O)(=O)N(C)C)cc1CCC(=O)NCCOCc1ccccc1. The van der Waals surface area contributed by atoms with Crippen LogP contribution in [0.1, 0.15) is 17.5 Å². The Hall–Kier alpha value is -2.42. The molecule has 0 spiro atoms. The van der Waals surface area contributed by atoms with Gasteiger partial charge in [0, 0.05) is 27.1 Å². The molecule has 0 aliphatic rings. The highest BCUT2D eigenvalue weighted by Crippen LogP contribution is 2.25. The van der Waals surface area contributed by atoms with Crippen LogP contribution in [0.5, 0.6) is 5.75 Å². The minimum absolute atomic E-state index is 0.128. The van der Waals surface area contributed by atoms with E-state index in [-0.39, 0.29) is 17.2 Å². The van der Waals surface area contributed by atoms with Crippen molar-refractivity contribution in [2.75, 3.05) is 34.4 Å². The van der Waals surface area contributed by atoms with Gasteiger partial charge in [0.2, 0.25) is 15.9 Å². The summed E-state index contributed by atoms with van der Waals surface area (Å²) in [6, 6.07) is 14.5. The van der Waals surface area contributed by atoms with Crippen molar-refractivity contribution in [3.05, 3.63) is 59.7 Å².